The molecule has 1 nitrogen and oxygen atoms in total. The maximum atomic E-state index is 7.08. The molecule has 0 fully saturated rings. The van der Waals surface area contributed by atoms with Gasteiger partial charge in [-0.1, -0.05) is 12.2 Å². The molecule has 0 bridgehead atoms. The molecule has 2 N–H and O–H groups in total. The molecule has 38 valence electrons. The van der Waals surface area contributed by atoms with Gasteiger partial charge >= 0.3 is 0 Å². The highest BCUT2D eigenvalue weighted by Crippen LogP contribution is 2.06. The Bertz CT molecular complexity index is 111. The van der Waals surface area contributed by atoms with Crippen LogP contribution in [0.15, 0.2) is 24.0 Å². The second-order valence-corrected chi connectivity index (χ2v) is 1.66. The molecule has 0 aromatic carbocycles. The minimum Gasteiger partial charge on any atom is -0.596 e. The van der Waals surface area contributed by atoms with Crippen LogP contribution >= 0.6 is 0 Å². The van der Waals surface area contributed by atoms with Crippen molar-refractivity contribution < 1.29 is 5.11 Å². The van der Waals surface area contributed by atoms with Gasteiger partial charge < -0.3 is 5.11 Å². The van der Waals surface area contributed by atoms with E-state index < -0.39 is 0 Å². The molecule has 1 heteroatoms. The molecule has 0 heterocycles. The third-order valence-electron chi connectivity index (χ3n) is 1.01. The zero-order valence-electron chi connectivity index (χ0n) is 4.15. The highest BCUT2D eigenvalue weighted by Gasteiger charge is 1.96. The Hall–Kier alpha value is -0.720. The van der Waals surface area contributed by atoms with Gasteiger partial charge in [0.25, 0.3) is 0 Å². The molecule has 0 aliphatic heterocycles. The van der Waals surface area contributed by atoms with E-state index in [-0.39, 0.29) is 0 Å². The minimum atomic E-state index is 0.752. The second kappa shape index (κ2) is 1.82. The van der Waals surface area contributed by atoms with Crippen molar-refractivity contribution in [3.63, 3.8) is 0 Å². The van der Waals surface area contributed by atoms with E-state index in [1.54, 1.807) is 0 Å². The molecule has 0 spiro atoms. The summed E-state index contributed by atoms with van der Waals surface area (Å²) in [6, 6.07) is 0. The smallest absolute Gasteiger partial charge is 0.229 e. The van der Waals surface area contributed by atoms with Crippen molar-refractivity contribution in [2.75, 3.05) is 0 Å². The van der Waals surface area contributed by atoms with Gasteiger partial charge in [0.1, 0.15) is 0 Å². The van der Waals surface area contributed by atoms with Gasteiger partial charge in [0, 0.05) is 6.08 Å². The van der Waals surface area contributed by atoms with Crippen LogP contribution < -0.4 is 0 Å². The zero-order chi connectivity index (χ0) is 5.11. The summed E-state index contributed by atoms with van der Waals surface area (Å²) in [4.78, 5) is 0. The molecule has 0 atom stereocenters. The lowest BCUT2D eigenvalue weighted by molar-refractivity contribution is 0.387. The summed E-state index contributed by atoms with van der Waals surface area (Å²) >= 11 is 0. The first-order valence-corrected chi connectivity index (χ1v) is 2.47. The average Bonchev–Trinajstić information content (AvgIpc) is 1.69. The van der Waals surface area contributed by atoms with E-state index in [4.69, 9.17) is 5.11 Å². The summed E-state index contributed by atoms with van der Waals surface area (Å²) in [5.41, 5.74) is 0. The quantitative estimate of drug-likeness (QED) is 0.402. The first-order chi connectivity index (χ1) is 3.39. The zero-order valence-corrected chi connectivity index (χ0v) is 4.15. The Kier molecular flexibility index (Phi) is 1.16. The first kappa shape index (κ1) is 4.44. The summed E-state index contributed by atoms with van der Waals surface area (Å²) in [6.45, 7) is 0. The van der Waals surface area contributed by atoms with Gasteiger partial charge in [0.2, 0.25) is 5.76 Å². The van der Waals surface area contributed by atoms with Crippen molar-refractivity contribution in [2.24, 2.45) is 0 Å². The average molecular weight is 97.1 g/mol. The van der Waals surface area contributed by atoms with Crippen molar-refractivity contribution in [1.29, 1.82) is 0 Å². The molecule has 1 aliphatic rings. The topological polar surface area (TPSA) is 22.9 Å². The molecule has 0 aromatic rings. The van der Waals surface area contributed by atoms with Crippen molar-refractivity contribution >= 4 is 0 Å². The normalized spacial score (nSPS) is 19.1. The van der Waals surface area contributed by atoms with Crippen molar-refractivity contribution in [1.82, 2.24) is 0 Å². The fourth-order valence-electron chi connectivity index (χ4n) is 0.603. The van der Waals surface area contributed by atoms with Gasteiger partial charge in [-0.05, 0) is 6.42 Å². The lowest BCUT2D eigenvalue weighted by Crippen LogP contribution is -1.82. The van der Waals surface area contributed by atoms with Crippen molar-refractivity contribution in [2.45, 2.75) is 12.8 Å². The van der Waals surface area contributed by atoms with E-state index in [9.17, 15) is 0 Å². The summed E-state index contributed by atoms with van der Waals surface area (Å²) in [5, 5.41) is 7.08. The highest BCUT2D eigenvalue weighted by atomic mass is 16.3. The summed E-state index contributed by atoms with van der Waals surface area (Å²) < 4.78 is 0. The highest BCUT2D eigenvalue weighted by molar-refractivity contribution is 5.11. The molecule has 0 unspecified atom stereocenters. The van der Waals surface area contributed by atoms with Crippen LogP contribution in [0.4, 0.5) is 0 Å². The minimum absolute atomic E-state index is 0.752. The molecule has 0 saturated heterocycles. The first-order valence-electron chi connectivity index (χ1n) is 2.47. The van der Waals surface area contributed by atoms with Crippen LogP contribution in [0.25, 0.3) is 0 Å². The predicted octanol–water partition coefficient (Wildman–Crippen LogP) is 0.945. The number of rotatable bonds is 0. The van der Waals surface area contributed by atoms with E-state index in [2.05, 4.69) is 6.08 Å². The molecule has 0 saturated carbocycles. The Morgan fingerprint density at radius 2 is 2.43 bits per heavy atom. The summed E-state index contributed by atoms with van der Waals surface area (Å²) in [6.07, 6.45) is 7.83. The number of hydrogen-bond acceptors (Lipinski definition) is 0. The van der Waals surface area contributed by atoms with Crippen LogP contribution in [-0.2, 0) is 0 Å². The van der Waals surface area contributed by atoms with E-state index >= 15 is 0 Å². The van der Waals surface area contributed by atoms with Crippen LogP contribution in [0.3, 0.4) is 0 Å². The lowest BCUT2D eigenvalue weighted by atomic mass is 10.2. The van der Waals surface area contributed by atoms with Crippen LogP contribution in [0.1, 0.15) is 12.8 Å². The molecule has 1 aliphatic carbocycles. The van der Waals surface area contributed by atoms with Crippen LogP contribution in [-0.4, -0.2) is 5.11 Å². The van der Waals surface area contributed by atoms with Crippen molar-refractivity contribution in [3.8, 4) is 0 Å². The molecule has 1 rings (SSSR count). The largest absolute Gasteiger partial charge is 0.596 e. The van der Waals surface area contributed by atoms with E-state index in [0.29, 0.717) is 0 Å². The monoisotopic (exact) mass is 97.1 g/mol. The van der Waals surface area contributed by atoms with Gasteiger partial charge in [-0.15, -0.1) is 0 Å². The van der Waals surface area contributed by atoms with Crippen LogP contribution in [0.2, 0.25) is 0 Å². The van der Waals surface area contributed by atoms with Gasteiger partial charge in [-0.25, -0.2) is 0 Å². The van der Waals surface area contributed by atoms with E-state index in [1.165, 1.54) is 0 Å². The second-order valence-electron chi connectivity index (χ2n) is 1.66. The van der Waals surface area contributed by atoms with Gasteiger partial charge in [-0.2, -0.15) is 0 Å². The molecule has 0 amide bonds. The summed E-state index contributed by atoms with van der Waals surface area (Å²) in [7, 11) is 0. The van der Waals surface area contributed by atoms with Gasteiger partial charge in [0.05, 0.1) is 6.42 Å². The Labute approximate surface area is 43.0 Å². The standard InChI is InChI=1S/C6H8O/c7-6-4-2-1-3-5-6/h1-2,4,7H,3,5H2/p+1. The van der Waals surface area contributed by atoms with E-state index in [0.717, 1.165) is 18.6 Å². The number of hydrogen-bond donors (Lipinski definition) is 0. The third-order valence-corrected chi connectivity index (χ3v) is 1.01. The lowest BCUT2D eigenvalue weighted by Gasteiger charge is -1.93. The molecular formula is C6H9O+. The van der Waals surface area contributed by atoms with E-state index in [1.807, 2.05) is 12.2 Å². The predicted molar refractivity (Wildman–Crippen MR) is 30.1 cm³/mol. The SMILES string of the molecule is [OH2+]C1=CC=CCC1. The Balaban J connectivity index is 2.57. The molecule has 7 heavy (non-hydrogen) atoms. The molecular weight excluding hydrogens is 88.1 g/mol. The van der Waals surface area contributed by atoms with Crippen molar-refractivity contribution in [3.05, 3.63) is 24.0 Å². The van der Waals surface area contributed by atoms with Crippen LogP contribution in [0, 0.1) is 0 Å². The fraction of sp³-hybridized carbons (Fsp3) is 0.333. The molecule has 0 radical (unpaired) electrons. The van der Waals surface area contributed by atoms with Gasteiger partial charge in [-0.3, -0.25) is 0 Å². The summed E-state index contributed by atoms with van der Waals surface area (Å²) in [5.74, 6) is 0.752. The number of allylic oxidation sites excluding steroid dienone is 4. The Morgan fingerprint density at radius 1 is 1.57 bits per heavy atom. The Morgan fingerprint density at radius 3 is 2.71 bits per heavy atom. The third kappa shape index (κ3) is 1.07. The fourth-order valence-corrected chi connectivity index (χ4v) is 0.603. The molecule has 0 aromatic heterocycles. The maximum Gasteiger partial charge on any atom is 0.229 e. The van der Waals surface area contributed by atoms with Gasteiger partial charge in [0.15, 0.2) is 0 Å². The van der Waals surface area contributed by atoms with Crippen LogP contribution in [0.5, 0.6) is 0 Å². The maximum absolute atomic E-state index is 7.08.